The number of carboxylic acids is 1. The molecule has 0 aliphatic carbocycles. The molecule has 0 aromatic heterocycles. The minimum Gasteiger partial charge on any atom is -0.478 e. The molecule has 0 fully saturated rings. The van der Waals surface area contributed by atoms with Gasteiger partial charge in [0.05, 0.1) is 11.1 Å². The van der Waals surface area contributed by atoms with E-state index in [1.54, 1.807) is 0 Å². The first-order chi connectivity index (χ1) is 8.49. The second-order valence-corrected chi connectivity index (χ2v) is 3.99. The maximum atomic E-state index is 13.6. The first-order valence-corrected chi connectivity index (χ1v) is 5.83. The fourth-order valence-electron chi connectivity index (χ4n) is 1.59. The van der Waals surface area contributed by atoms with E-state index in [9.17, 15) is 14.0 Å². The summed E-state index contributed by atoms with van der Waals surface area (Å²) in [5, 5.41) is 11.4. The second kappa shape index (κ2) is 6.14. The molecule has 0 saturated carbocycles. The normalized spacial score (nSPS) is 10.4. The molecule has 1 aromatic carbocycles. The van der Waals surface area contributed by atoms with E-state index in [1.165, 1.54) is 12.1 Å². The molecule has 1 aromatic rings. The molecule has 2 N–H and O–H groups in total. The molecule has 0 aliphatic rings. The molecule has 18 heavy (non-hydrogen) atoms. The maximum absolute atomic E-state index is 13.6. The Bertz CT molecular complexity index is 456. The minimum atomic E-state index is -1.22. The fraction of sp³-hybridized carbons (Fsp3) is 0.385. The first kappa shape index (κ1) is 14.2. The van der Waals surface area contributed by atoms with E-state index in [4.69, 9.17) is 5.11 Å². The van der Waals surface area contributed by atoms with Gasteiger partial charge in [0.15, 0.2) is 0 Å². The van der Waals surface area contributed by atoms with E-state index in [2.05, 4.69) is 5.32 Å². The minimum absolute atomic E-state index is 0.00366. The van der Waals surface area contributed by atoms with Crippen LogP contribution in [0.15, 0.2) is 18.2 Å². The number of rotatable bonds is 5. The van der Waals surface area contributed by atoms with Gasteiger partial charge < -0.3 is 10.4 Å². The Hall–Kier alpha value is -1.91. The van der Waals surface area contributed by atoms with Crippen molar-refractivity contribution in [2.24, 2.45) is 0 Å². The topological polar surface area (TPSA) is 66.4 Å². The highest BCUT2D eigenvalue weighted by Crippen LogP contribution is 2.11. The first-order valence-electron chi connectivity index (χ1n) is 5.83. The Balaban J connectivity index is 2.90. The number of carbonyl (C=O) groups excluding carboxylic acids is 1. The predicted octanol–water partition coefficient (Wildman–Crippen LogP) is 2.44. The average molecular weight is 253 g/mol. The number of nitrogens with one attached hydrogen (secondary N) is 1. The van der Waals surface area contributed by atoms with Crippen molar-refractivity contribution >= 4 is 11.9 Å². The third-order valence-corrected chi connectivity index (χ3v) is 2.78. The molecule has 4 nitrogen and oxygen atoms in total. The van der Waals surface area contributed by atoms with Crippen LogP contribution >= 0.6 is 0 Å². The highest BCUT2D eigenvalue weighted by Gasteiger charge is 2.16. The zero-order chi connectivity index (χ0) is 13.7. The molecule has 98 valence electrons. The zero-order valence-electron chi connectivity index (χ0n) is 10.4. The molecule has 0 atom stereocenters. The van der Waals surface area contributed by atoms with Crippen molar-refractivity contribution in [2.45, 2.75) is 32.7 Å². The average Bonchev–Trinajstić information content (AvgIpc) is 2.35. The van der Waals surface area contributed by atoms with Crippen LogP contribution in [0, 0.1) is 5.82 Å². The van der Waals surface area contributed by atoms with Crippen LogP contribution in [-0.2, 0) is 0 Å². The van der Waals surface area contributed by atoms with E-state index >= 15 is 0 Å². The zero-order valence-corrected chi connectivity index (χ0v) is 10.4. The van der Waals surface area contributed by atoms with Gasteiger partial charge in [0.2, 0.25) is 0 Å². The van der Waals surface area contributed by atoms with Crippen molar-refractivity contribution in [3.05, 3.63) is 35.1 Å². The van der Waals surface area contributed by atoms with Gasteiger partial charge in [0.25, 0.3) is 5.91 Å². The van der Waals surface area contributed by atoms with E-state index in [-0.39, 0.29) is 17.2 Å². The number of benzene rings is 1. The van der Waals surface area contributed by atoms with Crippen molar-refractivity contribution in [3.8, 4) is 0 Å². The number of carbonyl (C=O) groups is 2. The van der Waals surface area contributed by atoms with Crippen LogP contribution in [0.4, 0.5) is 4.39 Å². The molecule has 0 bridgehead atoms. The van der Waals surface area contributed by atoms with Gasteiger partial charge in [0.1, 0.15) is 5.82 Å². The summed E-state index contributed by atoms with van der Waals surface area (Å²) in [6.45, 7) is 3.86. The van der Waals surface area contributed by atoms with Gasteiger partial charge in [-0.3, -0.25) is 4.79 Å². The highest BCUT2D eigenvalue weighted by atomic mass is 19.1. The molecule has 0 radical (unpaired) electrons. The van der Waals surface area contributed by atoms with Gasteiger partial charge in [0, 0.05) is 6.04 Å². The van der Waals surface area contributed by atoms with Crippen LogP contribution < -0.4 is 5.32 Å². The smallest absolute Gasteiger partial charge is 0.335 e. The largest absolute Gasteiger partial charge is 0.478 e. The number of hydrogen-bond donors (Lipinski definition) is 2. The van der Waals surface area contributed by atoms with Crippen LogP contribution in [-0.4, -0.2) is 23.0 Å². The standard InChI is InChI=1S/C13H16FNO3/c1-3-9(4-2)15-12(16)10-6-5-8(13(17)18)7-11(10)14/h5-7,9H,3-4H2,1-2H3,(H,15,16)(H,17,18). The summed E-state index contributed by atoms with van der Waals surface area (Å²) in [6.07, 6.45) is 1.52. The lowest BCUT2D eigenvalue weighted by molar-refractivity contribution is 0.0695. The van der Waals surface area contributed by atoms with Gasteiger partial charge in [-0.25, -0.2) is 9.18 Å². The van der Waals surface area contributed by atoms with Crippen LogP contribution in [0.3, 0.4) is 0 Å². The van der Waals surface area contributed by atoms with Gasteiger partial charge in [-0.1, -0.05) is 13.8 Å². The summed E-state index contributed by atoms with van der Waals surface area (Å²) in [4.78, 5) is 22.4. The second-order valence-electron chi connectivity index (χ2n) is 3.99. The Labute approximate surface area is 105 Å². The Morgan fingerprint density at radius 1 is 1.33 bits per heavy atom. The summed E-state index contributed by atoms with van der Waals surface area (Å²) in [5.74, 6) is -2.56. The van der Waals surface area contributed by atoms with Crippen molar-refractivity contribution in [3.63, 3.8) is 0 Å². The Kier molecular flexibility index (Phi) is 4.83. The predicted molar refractivity (Wildman–Crippen MR) is 65.2 cm³/mol. The molecule has 0 unspecified atom stereocenters. The number of aromatic carboxylic acids is 1. The van der Waals surface area contributed by atoms with Crippen molar-refractivity contribution in [2.75, 3.05) is 0 Å². The molecule has 0 saturated heterocycles. The number of carboxylic acid groups (broad SMARTS) is 1. The third kappa shape index (κ3) is 3.29. The molecule has 5 heteroatoms. The lowest BCUT2D eigenvalue weighted by atomic mass is 10.1. The lowest BCUT2D eigenvalue weighted by Crippen LogP contribution is -2.34. The monoisotopic (exact) mass is 253 g/mol. The number of hydrogen-bond acceptors (Lipinski definition) is 2. The van der Waals surface area contributed by atoms with Crippen LogP contribution in [0.5, 0.6) is 0 Å². The molecule has 1 amide bonds. The van der Waals surface area contributed by atoms with Gasteiger partial charge in [-0.15, -0.1) is 0 Å². The van der Waals surface area contributed by atoms with Crippen LogP contribution in [0.25, 0.3) is 0 Å². The molecular formula is C13H16FNO3. The Morgan fingerprint density at radius 3 is 2.39 bits per heavy atom. The Morgan fingerprint density at radius 2 is 1.94 bits per heavy atom. The summed E-state index contributed by atoms with van der Waals surface area (Å²) >= 11 is 0. The van der Waals surface area contributed by atoms with Gasteiger partial charge >= 0.3 is 5.97 Å². The maximum Gasteiger partial charge on any atom is 0.335 e. The van der Waals surface area contributed by atoms with Crippen molar-refractivity contribution < 1.29 is 19.1 Å². The van der Waals surface area contributed by atoms with Crippen LogP contribution in [0.1, 0.15) is 47.4 Å². The van der Waals surface area contributed by atoms with Crippen molar-refractivity contribution in [1.82, 2.24) is 5.32 Å². The SMILES string of the molecule is CCC(CC)NC(=O)c1ccc(C(=O)O)cc1F. The quantitative estimate of drug-likeness (QED) is 0.847. The van der Waals surface area contributed by atoms with E-state index < -0.39 is 17.7 Å². The molecular weight excluding hydrogens is 237 g/mol. The van der Waals surface area contributed by atoms with Gasteiger partial charge in [-0.2, -0.15) is 0 Å². The highest BCUT2D eigenvalue weighted by molar-refractivity contribution is 5.96. The van der Waals surface area contributed by atoms with E-state index in [0.717, 1.165) is 18.9 Å². The third-order valence-electron chi connectivity index (χ3n) is 2.78. The van der Waals surface area contributed by atoms with E-state index in [1.807, 2.05) is 13.8 Å². The number of halogens is 1. The molecule has 0 aliphatic heterocycles. The summed E-state index contributed by atoms with van der Waals surface area (Å²) in [5.41, 5.74) is -0.307. The molecule has 0 heterocycles. The molecule has 1 rings (SSSR count). The number of amides is 1. The summed E-state index contributed by atoms with van der Waals surface area (Å²) in [7, 11) is 0. The summed E-state index contributed by atoms with van der Waals surface area (Å²) in [6, 6.07) is 3.25. The fourth-order valence-corrected chi connectivity index (χ4v) is 1.59. The van der Waals surface area contributed by atoms with Gasteiger partial charge in [-0.05, 0) is 31.0 Å². The molecule has 0 spiro atoms. The van der Waals surface area contributed by atoms with E-state index in [0.29, 0.717) is 0 Å². The van der Waals surface area contributed by atoms with Crippen molar-refractivity contribution in [1.29, 1.82) is 0 Å². The summed E-state index contributed by atoms with van der Waals surface area (Å²) < 4.78 is 13.6. The lowest BCUT2D eigenvalue weighted by Gasteiger charge is -2.15. The van der Waals surface area contributed by atoms with Crippen LogP contribution in [0.2, 0.25) is 0 Å².